The predicted octanol–water partition coefficient (Wildman–Crippen LogP) is 5.08. The summed E-state index contributed by atoms with van der Waals surface area (Å²) < 4.78 is 7.28. The molecule has 0 saturated heterocycles. The third-order valence-electron chi connectivity index (χ3n) is 4.33. The Hall–Kier alpha value is -0.890. The number of hydrogen-bond acceptors (Lipinski definition) is 1. The Morgan fingerprint density at radius 3 is 1.91 bits per heavy atom. The van der Waals surface area contributed by atoms with Crippen molar-refractivity contribution in [1.29, 1.82) is 0 Å². The molecule has 0 spiro atoms. The summed E-state index contributed by atoms with van der Waals surface area (Å²) in [6.07, 6.45) is 19.7. The quantitative estimate of drug-likeness (QED) is 0.345. The number of unbranched alkanes of at least 4 members (excludes halogenated alkanes) is 9. The summed E-state index contributed by atoms with van der Waals surface area (Å²) in [5.74, 6) is 0. The number of nitrogens with zero attached hydrogens (tertiary/aromatic N) is 1. The lowest BCUT2D eigenvalue weighted by atomic mass is 10.0. The number of pyridine rings is 1. The van der Waals surface area contributed by atoms with Gasteiger partial charge in [0, 0.05) is 19.2 Å². The molecule has 1 rings (SSSR count). The Balaban J connectivity index is 1.96. The number of rotatable bonds is 14. The van der Waals surface area contributed by atoms with Gasteiger partial charge in [0.2, 0.25) is 0 Å². The highest BCUT2D eigenvalue weighted by Gasteiger charge is 2.00. The molecule has 0 radical (unpaired) electrons. The van der Waals surface area contributed by atoms with E-state index in [0.717, 1.165) is 13.2 Å². The first-order chi connectivity index (χ1) is 10.9. The summed E-state index contributed by atoms with van der Waals surface area (Å²) in [5, 5.41) is 0. The monoisotopic (exact) mass is 306 g/mol. The summed E-state index contributed by atoms with van der Waals surface area (Å²) in [5.41, 5.74) is 1.47. The highest BCUT2D eigenvalue weighted by atomic mass is 16.5. The van der Waals surface area contributed by atoms with Crippen LogP contribution in [0.5, 0.6) is 0 Å². The molecular weight excluding hydrogens is 270 g/mol. The van der Waals surface area contributed by atoms with E-state index in [1.54, 1.807) is 7.11 Å². The first-order valence-corrected chi connectivity index (χ1v) is 9.33. The summed E-state index contributed by atoms with van der Waals surface area (Å²) in [7, 11) is 1.75. The summed E-state index contributed by atoms with van der Waals surface area (Å²) >= 11 is 0. The third kappa shape index (κ3) is 9.94. The smallest absolute Gasteiger partial charge is 0.171 e. The molecule has 0 aliphatic carbocycles. The molecule has 0 atom stereocenters. The van der Waals surface area contributed by atoms with Crippen molar-refractivity contribution in [2.75, 3.05) is 13.7 Å². The number of methoxy groups -OCH3 is 1. The summed E-state index contributed by atoms with van der Waals surface area (Å²) in [4.78, 5) is 0. The van der Waals surface area contributed by atoms with Crippen LogP contribution in [0.15, 0.2) is 24.5 Å². The Bertz CT molecular complexity index is 347. The van der Waals surface area contributed by atoms with Crippen LogP contribution >= 0.6 is 0 Å². The molecule has 1 aromatic rings. The lowest BCUT2D eigenvalue weighted by Crippen LogP contribution is -2.34. The fourth-order valence-corrected chi connectivity index (χ4v) is 2.82. The van der Waals surface area contributed by atoms with Gasteiger partial charge in [-0.15, -0.1) is 0 Å². The Morgan fingerprint density at radius 1 is 0.818 bits per heavy atom. The minimum Gasteiger partial charge on any atom is -0.378 e. The molecule has 1 aromatic heterocycles. The zero-order valence-corrected chi connectivity index (χ0v) is 14.9. The van der Waals surface area contributed by atoms with Crippen LogP contribution in [0.2, 0.25) is 0 Å². The minimum atomic E-state index is 0.780. The fraction of sp³-hybridized carbons (Fsp3) is 0.750. The second-order valence-electron chi connectivity index (χ2n) is 6.37. The van der Waals surface area contributed by atoms with Crippen LogP contribution < -0.4 is 4.57 Å². The summed E-state index contributed by atoms with van der Waals surface area (Å²) in [6.45, 7) is 4.00. The van der Waals surface area contributed by atoms with Crippen molar-refractivity contribution in [1.82, 2.24) is 0 Å². The van der Waals surface area contributed by atoms with Gasteiger partial charge in [-0.1, -0.05) is 64.7 Å². The van der Waals surface area contributed by atoms with Crippen molar-refractivity contribution >= 4 is 0 Å². The van der Waals surface area contributed by atoms with Gasteiger partial charge in [-0.2, -0.15) is 0 Å². The van der Waals surface area contributed by atoms with Crippen molar-refractivity contribution in [2.24, 2.45) is 0 Å². The normalized spacial score (nSPS) is 11.0. The zero-order valence-electron chi connectivity index (χ0n) is 14.9. The molecule has 0 unspecified atom stereocenters. The molecule has 1 heterocycles. The molecule has 126 valence electrons. The van der Waals surface area contributed by atoms with E-state index in [2.05, 4.69) is 36.0 Å². The predicted molar refractivity (Wildman–Crippen MR) is 94.1 cm³/mol. The van der Waals surface area contributed by atoms with Crippen LogP contribution in [0.25, 0.3) is 0 Å². The Labute approximate surface area is 137 Å². The van der Waals surface area contributed by atoms with E-state index < -0.39 is 0 Å². The van der Waals surface area contributed by atoms with E-state index in [0.29, 0.717) is 0 Å². The molecule has 0 bridgehead atoms. The van der Waals surface area contributed by atoms with Gasteiger partial charge in [-0.25, -0.2) is 4.57 Å². The Morgan fingerprint density at radius 2 is 1.36 bits per heavy atom. The molecule has 2 nitrogen and oxygen atoms in total. The van der Waals surface area contributed by atoms with E-state index in [9.17, 15) is 0 Å². The van der Waals surface area contributed by atoms with Crippen molar-refractivity contribution in [3.8, 4) is 0 Å². The SMILES string of the molecule is CCCCCCCCCCCCc1cc[n+](CCOC)cc1. The van der Waals surface area contributed by atoms with Crippen molar-refractivity contribution in [3.05, 3.63) is 30.1 Å². The first-order valence-electron chi connectivity index (χ1n) is 9.33. The van der Waals surface area contributed by atoms with E-state index in [4.69, 9.17) is 4.74 Å². The average Bonchev–Trinajstić information content (AvgIpc) is 2.56. The maximum atomic E-state index is 5.09. The topological polar surface area (TPSA) is 13.1 Å². The van der Waals surface area contributed by atoms with Gasteiger partial charge in [-0.05, 0) is 18.4 Å². The Kier molecular flexibility index (Phi) is 12.0. The number of ether oxygens (including phenoxy) is 1. The van der Waals surface area contributed by atoms with Crippen LogP contribution in [0.4, 0.5) is 0 Å². The second kappa shape index (κ2) is 13.8. The molecule has 0 fully saturated rings. The maximum absolute atomic E-state index is 5.09. The molecular formula is C20H36NO+. The number of aryl methyl sites for hydroxylation is 1. The lowest BCUT2D eigenvalue weighted by molar-refractivity contribution is -0.698. The lowest BCUT2D eigenvalue weighted by Gasteiger charge is -2.03. The average molecular weight is 307 g/mol. The van der Waals surface area contributed by atoms with Crippen molar-refractivity contribution in [2.45, 2.75) is 84.1 Å². The molecule has 0 aliphatic rings. The van der Waals surface area contributed by atoms with Gasteiger partial charge in [0.25, 0.3) is 0 Å². The van der Waals surface area contributed by atoms with Gasteiger partial charge in [-0.3, -0.25) is 0 Å². The van der Waals surface area contributed by atoms with E-state index in [-0.39, 0.29) is 0 Å². The van der Waals surface area contributed by atoms with Gasteiger partial charge in [0.05, 0.1) is 0 Å². The fourth-order valence-electron chi connectivity index (χ4n) is 2.82. The van der Waals surface area contributed by atoms with Gasteiger partial charge in [0.15, 0.2) is 18.9 Å². The maximum Gasteiger partial charge on any atom is 0.171 e. The zero-order chi connectivity index (χ0) is 15.9. The molecule has 0 amide bonds. The first kappa shape index (κ1) is 19.2. The molecule has 0 aliphatic heterocycles. The number of aromatic nitrogens is 1. The van der Waals surface area contributed by atoms with E-state index in [1.165, 1.54) is 76.2 Å². The minimum absolute atomic E-state index is 0.780. The van der Waals surface area contributed by atoms with Gasteiger partial charge < -0.3 is 4.74 Å². The van der Waals surface area contributed by atoms with Crippen LogP contribution in [-0.4, -0.2) is 13.7 Å². The van der Waals surface area contributed by atoms with E-state index in [1.807, 2.05) is 0 Å². The molecule has 22 heavy (non-hydrogen) atoms. The van der Waals surface area contributed by atoms with Gasteiger partial charge in [0.1, 0.15) is 6.61 Å². The number of hydrogen-bond donors (Lipinski definition) is 0. The molecule has 2 heteroatoms. The van der Waals surface area contributed by atoms with Crippen molar-refractivity contribution < 1.29 is 9.30 Å². The van der Waals surface area contributed by atoms with E-state index >= 15 is 0 Å². The molecule has 0 aromatic carbocycles. The third-order valence-corrected chi connectivity index (χ3v) is 4.33. The highest BCUT2D eigenvalue weighted by Crippen LogP contribution is 2.12. The standard InChI is InChI=1S/C20H36NO/c1-3-4-5-6-7-8-9-10-11-12-13-20-14-16-21(17-15-20)18-19-22-2/h14-17H,3-13,18-19H2,1-2H3/q+1. The van der Waals surface area contributed by atoms with Crippen LogP contribution in [0.1, 0.15) is 76.7 Å². The molecule has 0 N–H and O–H groups in total. The van der Waals surface area contributed by atoms with Crippen LogP contribution in [0.3, 0.4) is 0 Å². The van der Waals surface area contributed by atoms with Crippen molar-refractivity contribution in [3.63, 3.8) is 0 Å². The second-order valence-corrected chi connectivity index (χ2v) is 6.37. The van der Waals surface area contributed by atoms with Crippen LogP contribution in [0, 0.1) is 0 Å². The summed E-state index contributed by atoms with van der Waals surface area (Å²) in [6, 6.07) is 4.51. The van der Waals surface area contributed by atoms with Gasteiger partial charge >= 0.3 is 0 Å². The van der Waals surface area contributed by atoms with Crippen LogP contribution in [-0.2, 0) is 17.7 Å². The highest BCUT2D eigenvalue weighted by molar-refractivity contribution is 5.07. The largest absolute Gasteiger partial charge is 0.378 e. The molecule has 0 saturated carbocycles.